The van der Waals surface area contributed by atoms with Gasteiger partial charge in [0.05, 0.1) is 0 Å². The third-order valence-electron chi connectivity index (χ3n) is 3.37. The van der Waals surface area contributed by atoms with Crippen molar-refractivity contribution in [2.24, 2.45) is 0 Å². The summed E-state index contributed by atoms with van der Waals surface area (Å²) in [5.74, 6) is 0.830. The molecule has 0 unspecified atom stereocenters. The van der Waals surface area contributed by atoms with E-state index >= 15 is 0 Å². The molecular formula is C15H20BrNO2. The molecular weight excluding hydrogens is 306 g/mol. The number of benzene rings is 1. The summed E-state index contributed by atoms with van der Waals surface area (Å²) < 4.78 is 6.51. The maximum atomic E-state index is 12.1. The third kappa shape index (κ3) is 4.86. The lowest BCUT2D eigenvalue weighted by atomic mass is 10.1. The molecule has 1 saturated heterocycles. The normalized spacial score (nSPS) is 16.6. The molecule has 4 heteroatoms. The predicted octanol–water partition coefficient (Wildman–Crippen LogP) is 3.62. The smallest absolute Gasteiger partial charge is 0.260 e. The van der Waals surface area contributed by atoms with Crippen molar-refractivity contribution >= 4 is 21.8 Å². The van der Waals surface area contributed by atoms with Crippen molar-refractivity contribution in [3.05, 3.63) is 28.7 Å². The van der Waals surface area contributed by atoms with Gasteiger partial charge in [0.25, 0.3) is 5.91 Å². The molecule has 0 spiro atoms. The number of nitrogens with zero attached hydrogens (tertiary/aromatic N) is 1. The van der Waals surface area contributed by atoms with Gasteiger partial charge < -0.3 is 9.64 Å². The van der Waals surface area contributed by atoms with Crippen molar-refractivity contribution in [3.63, 3.8) is 0 Å². The summed E-state index contributed by atoms with van der Waals surface area (Å²) in [5.41, 5.74) is 0. The van der Waals surface area contributed by atoms with Gasteiger partial charge in [-0.25, -0.2) is 0 Å². The highest BCUT2D eigenvalue weighted by Crippen LogP contribution is 2.18. The van der Waals surface area contributed by atoms with Crippen LogP contribution in [-0.2, 0) is 4.79 Å². The van der Waals surface area contributed by atoms with Gasteiger partial charge in [-0.05, 0) is 31.0 Å². The minimum atomic E-state index is 0.0990. The highest BCUT2D eigenvalue weighted by atomic mass is 79.9. The minimum absolute atomic E-state index is 0.0990. The van der Waals surface area contributed by atoms with E-state index in [1.54, 1.807) is 0 Å². The third-order valence-corrected chi connectivity index (χ3v) is 3.86. The first kappa shape index (κ1) is 14.4. The molecule has 1 aromatic rings. The van der Waals surface area contributed by atoms with Crippen LogP contribution in [0, 0.1) is 0 Å². The predicted molar refractivity (Wildman–Crippen MR) is 79.3 cm³/mol. The Morgan fingerprint density at radius 1 is 1.16 bits per heavy atom. The number of carbonyl (C=O) groups excluding carboxylic acids is 1. The van der Waals surface area contributed by atoms with Crippen LogP contribution >= 0.6 is 15.9 Å². The topological polar surface area (TPSA) is 29.5 Å². The Hall–Kier alpha value is -1.03. The van der Waals surface area contributed by atoms with Crippen LogP contribution in [0.3, 0.4) is 0 Å². The summed E-state index contributed by atoms with van der Waals surface area (Å²) in [4.78, 5) is 14.1. The summed E-state index contributed by atoms with van der Waals surface area (Å²) in [6.07, 6.45) is 5.99. The van der Waals surface area contributed by atoms with Crippen LogP contribution in [0.2, 0.25) is 0 Å². The van der Waals surface area contributed by atoms with Gasteiger partial charge in [0, 0.05) is 17.6 Å². The second kappa shape index (κ2) is 7.53. The zero-order valence-electron chi connectivity index (χ0n) is 11.1. The number of amides is 1. The van der Waals surface area contributed by atoms with Gasteiger partial charge in [-0.3, -0.25) is 4.79 Å². The second-order valence-electron chi connectivity index (χ2n) is 4.89. The van der Waals surface area contributed by atoms with Crippen molar-refractivity contribution in [1.82, 2.24) is 4.90 Å². The Balaban J connectivity index is 1.82. The number of halogens is 1. The SMILES string of the molecule is O=C(COc1cccc(Br)c1)N1CCCCCCC1. The van der Waals surface area contributed by atoms with Crippen LogP contribution < -0.4 is 4.74 Å². The molecule has 0 aromatic heterocycles. The van der Waals surface area contributed by atoms with E-state index in [9.17, 15) is 4.79 Å². The van der Waals surface area contributed by atoms with Crippen LogP contribution in [0.15, 0.2) is 28.7 Å². The Morgan fingerprint density at radius 3 is 2.53 bits per heavy atom. The molecule has 1 aliphatic rings. The molecule has 0 radical (unpaired) electrons. The number of hydrogen-bond acceptors (Lipinski definition) is 2. The first-order valence-electron chi connectivity index (χ1n) is 6.92. The van der Waals surface area contributed by atoms with E-state index in [0.29, 0.717) is 0 Å². The molecule has 19 heavy (non-hydrogen) atoms. The number of carbonyl (C=O) groups is 1. The molecule has 0 saturated carbocycles. The monoisotopic (exact) mass is 325 g/mol. The van der Waals surface area contributed by atoms with Gasteiger partial charge in [0.1, 0.15) is 5.75 Å². The number of likely N-dealkylation sites (tertiary alicyclic amines) is 1. The molecule has 104 valence electrons. The fourth-order valence-corrected chi connectivity index (χ4v) is 2.67. The van der Waals surface area contributed by atoms with Crippen LogP contribution in [0.1, 0.15) is 32.1 Å². The highest BCUT2D eigenvalue weighted by Gasteiger charge is 2.15. The lowest BCUT2D eigenvalue weighted by molar-refractivity contribution is -0.133. The number of hydrogen-bond donors (Lipinski definition) is 0. The van der Waals surface area contributed by atoms with Crippen LogP contribution in [0.25, 0.3) is 0 Å². The summed E-state index contributed by atoms with van der Waals surface area (Å²) in [7, 11) is 0. The molecule has 0 atom stereocenters. The molecule has 1 aliphatic heterocycles. The lowest BCUT2D eigenvalue weighted by Crippen LogP contribution is -2.37. The first-order valence-corrected chi connectivity index (χ1v) is 7.71. The van der Waals surface area contributed by atoms with Crippen LogP contribution in [-0.4, -0.2) is 30.5 Å². The molecule has 0 aliphatic carbocycles. The van der Waals surface area contributed by atoms with E-state index in [0.717, 1.165) is 36.2 Å². The van der Waals surface area contributed by atoms with Gasteiger partial charge in [-0.1, -0.05) is 41.3 Å². The largest absolute Gasteiger partial charge is 0.484 e. The van der Waals surface area contributed by atoms with Gasteiger partial charge in [-0.15, -0.1) is 0 Å². The second-order valence-corrected chi connectivity index (χ2v) is 5.81. The minimum Gasteiger partial charge on any atom is -0.484 e. The molecule has 1 amide bonds. The fourth-order valence-electron chi connectivity index (χ4n) is 2.29. The lowest BCUT2D eigenvalue weighted by Gasteiger charge is -2.24. The van der Waals surface area contributed by atoms with Crippen LogP contribution in [0.5, 0.6) is 5.75 Å². The van der Waals surface area contributed by atoms with E-state index in [-0.39, 0.29) is 12.5 Å². The van der Waals surface area contributed by atoms with Crippen molar-refractivity contribution in [1.29, 1.82) is 0 Å². The number of ether oxygens (including phenoxy) is 1. The van der Waals surface area contributed by atoms with Gasteiger partial charge in [0.15, 0.2) is 6.61 Å². The van der Waals surface area contributed by atoms with Crippen molar-refractivity contribution in [3.8, 4) is 5.75 Å². The van der Waals surface area contributed by atoms with E-state index in [1.807, 2.05) is 29.2 Å². The maximum absolute atomic E-state index is 12.1. The summed E-state index contributed by atoms with van der Waals surface area (Å²) in [5, 5.41) is 0. The molecule has 0 N–H and O–H groups in total. The van der Waals surface area contributed by atoms with Gasteiger partial charge in [-0.2, -0.15) is 0 Å². The Labute approximate surface area is 123 Å². The quantitative estimate of drug-likeness (QED) is 0.849. The highest BCUT2D eigenvalue weighted by molar-refractivity contribution is 9.10. The molecule has 1 heterocycles. The number of rotatable bonds is 3. The van der Waals surface area contributed by atoms with Crippen molar-refractivity contribution < 1.29 is 9.53 Å². The van der Waals surface area contributed by atoms with Gasteiger partial charge >= 0.3 is 0 Å². The van der Waals surface area contributed by atoms with Crippen molar-refractivity contribution in [2.45, 2.75) is 32.1 Å². The maximum Gasteiger partial charge on any atom is 0.260 e. The van der Waals surface area contributed by atoms with Crippen molar-refractivity contribution in [2.75, 3.05) is 19.7 Å². The van der Waals surface area contributed by atoms with E-state index in [2.05, 4.69) is 15.9 Å². The summed E-state index contributed by atoms with van der Waals surface area (Å²) >= 11 is 3.39. The Kier molecular flexibility index (Phi) is 5.70. The molecule has 1 fully saturated rings. The molecule has 1 aromatic carbocycles. The summed E-state index contributed by atoms with van der Waals surface area (Å²) in [6, 6.07) is 7.58. The molecule has 0 bridgehead atoms. The van der Waals surface area contributed by atoms with E-state index < -0.39 is 0 Å². The average molecular weight is 326 g/mol. The van der Waals surface area contributed by atoms with E-state index in [1.165, 1.54) is 19.3 Å². The molecule has 2 rings (SSSR count). The van der Waals surface area contributed by atoms with E-state index in [4.69, 9.17) is 4.74 Å². The molecule has 3 nitrogen and oxygen atoms in total. The first-order chi connectivity index (χ1) is 9.25. The Morgan fingerprint density at radius 2 is 1.84 bits per heavy atom. The zero-order valence-corrected chi connectivity index (χ0v) is 12.7. The van der Waals surface area contributed by atoms with Crippen LogP contribution in [0.4, 0.5) is 0 Å². The average Bonchev–Trinajstić information content (AvgIpc) is 2.36. The Bertz CT molecular complexity index is 414. The standard InChI is InChI=1S/C15H20BrNO2/c16-13-7-6-8-14(11-13)19-12-15(18)17-9-4-2-1-3-5-10-17/h6-8,11H,1-5,9-10,12H2. The summed E-state index contributed by atoms with van der Waals surface area (Å²) in [6.45, 7) is 1.89. The fraction of sp³-hybridized carbons (Fsp3) is 0.533. The zero-order chi connectivity index (χ0) is 13.5. The van der Waals surface area contributed by atoms with Gasteiger partial charge in [0.2, 0.25) is 0 Å².